The van der Waals surface area contributed by atoms with Gasteiger partial charge >= 0.3 is 0 Å². The van der Waals surface area contributed by atoms with Gasteiger partial charge in [0.2, 0.25) is 10.0 Å². The number of nitrogens with zero attached hydrogens (tertiary/aromatic N) is 2. The van der Waals surface area contributed by atoms with E-state index >= 15 is 0 Å². The molecular formula is C11H15BrClN3O2S. The van der Waals surface area contributed by atoms with Crippen molar-refractivity contribution < 1.29 is 8.42 Å². The molecule has 0 aliphatic carbocycles. The first-order valence-corrected chi connectivity index (χ1v) is 7.45. The highest BCUT2D eigenvalue weighted by Gasteiger charge is 2.25. The maximum atomic E-state index is 12.3. The van der Waals surface area contributed by atoms with Crippen LogP contribution >= 0.6 is 28.3 Å². The van der Waals surface area contributed by atoms with Crippen molar-refractivity contribution in [3.8, 4) is 6.07 Å². The standard InChI is InChI=1S/C11H14BrN3O2S.ClH/c1-8(6-13)15(2)18(16,17)11-4-9(7-14)3-10(12)5-11;/h3-5,8H,6,13H2,1-2H3;1H. The summed E-state index contributed by atoms with van der Waals surface area (Å²) in [5.74, 6) is 0. The largest absolute Gasteiger partial charge is 0.329 e. The van der Waals surface area contributed by atoms with Gasteiger partial charge < -0.3 is 5.73 Å². The Bertz CT molecular complexity index is 586. The minimum absolute atomic E-state index is 0. The smallest absolute Gasteiger partial charge is 0.243 e. The Hall–Kier alpha value is -0.650. The summed E-state index contributed by atoms with van der Waals surface area (Å²) in [4.78, 5) is 0.0798. The van der Waals surface area contributed by atoms with Gasteiger partial charge in [-0.05, 0) is 25.1 Å². The van der Waals surface area contributed by atoms with Crippen LogP contribution in [0.25, 0.3) is 0 Å². The van der Waals surface area contributed by atoms with Crippen LogP contribution in [0.4, 0.5) is 0 Å². The van der Waals surface area contributed by atoms with E-state index in [2.05, 4.69) is 15.9 Å². The molecule has 1 unspecified atom stereocenters. The topological polar surface area (TPSA) is 87.2 Å². The number of sulfonamides is 1. The van der Waals surface area contributed by atoms with Gasteiger partial charge in [0.25, 0.3) is 0 Å². The Kier molecular flexibility index (Phi) is 6.97. The molecule has 2 N–H and O–H groups in total. The van der Waals surface area contributed by atoms with Crippen LogP contribution in [0.15, 0.2) is 27.6 Å². The summed E-state index contributed by atoms with van der Waals surface area (Å²) in [6, 6.07) is 5.99. The van der Waals surface area contributed by atoms with Crippen molar-refractivity contribution in [1.82, 2.24) is 4.31 Å². The number of hydrogen-bond acceptors (Lipinski definition) is 4. The number of hydrogen-bond donors (Lipinski definition) is 1. The lowest BCUT2D eigenvalue weighted by Crippen LogP contribution is -2.39. The van der Waals surface area contributed by atoms with E-state index in [1.54, 1.807) is 13.0 Å². The van der Waals surface area contributed by atoms with Crippen LogP contribution in [-0.2, 0) is 10.0 Å². The van der Waals surface area contributed by atoms with Crippen LogP contribution < -0.4 is 5.73 Å². The van der Waals surface area contributed by atoms with Crippen LogP contribution in [-0.4, -0.2) is 32.4 Å². The van der Waals surface area contributed by atoms with E-state index < -0.39 is 10.0 Å². The predicted octanol–water partition coefficient (Wildman–Crippen LogP) is 1.71. The zero-order chi connectivity index (χ0) is 13.9. The van der Waals surface area contributed by atoms with Crippen molar-refractivity contribution in [2.24, 2.45) is 5.73 Å². The molecular weight excluding hydrogens is 354 g/mol. The molecule has 1 aromatic rings. The number of nitriles is 1. The first kappa shape index (κ1) is 18.4. The van der Waals surface area contributed by atoms with Gasteiger partial charge in [0.05, 0.1) is 16.5 Å². The SMILES string of the molecule is CC(CN)N(C)S(=O)(=O)c1cc(Br)cc(C#N)c1.Cl. The molecule has 0 radical (unpaired) electrons. The Morgan fingerprint density at radius 1 is 1.47 bits per heavy atom. The molecule has 0 spiro atoms. The fourth-order valence-corrected chi connectivity index (χ4v) is 3.42. The summed E-state index contributed by atoms with van der Waals surface area (Å²) >= 11 is 3.19. The maximum Gasteiger partial charge on any atom is 0.243 e. The van der Waals surface area contributed by atoms with Gasteiger partial charge in [0.1, 0.15) is 0 Å². The van der Waals surface area contributed by atoms with Crippen molar-refractivity contribution in [2.75, 3.05) is 13.6 Å². The fourth-order valence-electron chi connectivity index (χ4n) is 1.33. The molecule has 5 nitrogen and oxygen atoms in total. The molecule has 0 fully saturated rings. The van der Waals surface area contributed by atoms with Gasteiger partial charge in [-0.2, -0.15) is 9.57 Å². The van der Waals surface area contributed by atoms with Gasteiger partial charge in [0, 0.05) is 24.1 Å². The van der Waals surface area contributed by atoms with Crippen LogP contribution in [0.2, 0.25) is 0 Å². The van der Waals surface area contributed by atoms with Gasteiger partial charge in [0.15, 0.2) is 0 Å². The molecule has 8 heteroatoms. The second-order valence-electron chi connectivity index (χ2n) is 3.89. The minimum Gasteiger partial charge on any atom is -0.329 e. The summed E-state index contributed by atoms with van der Waals surface area (Å²) in [5, 5.41) is 8.85. The summed E-state index contributed by atoms with van der Waals surface area (Å²) in [6.07, 6.45) is 0. The molecule has 0 aliphatic heterocycles. The zero-order valence-corrected chi connectivity index (χ0v) is 13.7. The van der Waals surface area contributed by atoms with Crippen LogP contribution in [0.1, 0.15) is 12.5 Å². The average molecular weight is 369 g/mol. The first-order valence-electron chi connectivity index (χ1n) is 5.21. The number of rotatable bonds is 4. The highest BCUT2D eigenvalue weighted by Crippen LogP contribution is 2.22. The van der Waals surface area contributed by atoms with Crippen LogP contribution in [0.5, 0.6) is 0 Å². The number of likely N-dealkylation sites (N-methyl/N-ethyl adjacent to an activating group) is 1. The van der Waals surface area contributed by atoms with E-state index in [-0.39, 0.29) is 35.5 Å². The van der Waals surface area contributed by atoms with Crippen molar-refractivity contribution in [2.45, 2.75) is 17.9 Å². The first-order chi connectivity index (χ1) is 8.32. The summed E-state index contributed by atoms with van der Waals surface area (Å²) in [7, 11) is -2.16. The van der Waals surface area contributed by atoms with E-state index in [0.29, 0.717) is 4.47 Å². The minimum atomic E-state index is -3.63. The zero-order valence-electron chi connectivity index (χ0n) is 10.5. The third-order valence-corrected chi connectivity index (χ3v) is 5.05. The summed E-state index contributed by atoms with van der Waals surface area (Å²) < 4.78 is 26.3. The average Bonchev–Trinajstić information content (AvgIpc) is 2.35. The molecule has 0 aliphatic rings. The van der Waals surface area contributed by atoms with Crippen LogP contribution in [0, 0.1) is 11.3 Å². The molecule has 1 rings (SSSR count). The lowest BCUT2D eigenvalue weighted by molar-refractivity contribution is 0.394. The van der Waals surface area contributed by atoms with E-state index in [4.69, 9.17) is 11.0 Å². The molecule has 0 amide bonds. The third-order valence-electron chi connectivity index (χ3n) is 2.64. The number of benzene rings is 1. The molecule has 1 aromatic carbocycles. The lowest BCUT2D eigenvalue weighted by atomic mass is 10.2. The van der Waals surface area contributed by atoms with E-state index in [0.717, 1.165) is 0 Å². The number of nitrogens with two attached hydrogens (primary N) is 1. The van der Waals surface area contributed by atoms with Gasteiger partial charge in [-0.25, -0.2) is 8.42 Å². The summed E-state index contributed by atoms with van der Waals surface area (Å²) in [6.45, 7) is 1.95. The molecule has 106 valence electrons. The third kappa shape index (κ3) is 4.16. The Morgan fingerprint density at radius 2 is 2.05 bits per heavy atom. The quantitative estimate of drug-likeness (QED) is 0.876. The Morgan fingerprint density at radius 3 is 2.53 bits per heavy atom. The molecule has 0 bridgehead atoms. The second kappa shape index (κ2) is 7.22. The van der Waals surface area contributed by atoms with Crippen molar-refractivity contribution in [1.29, 1.82) is 5.26 Å². The van der Waals surface area contributed by atoms with E-state index in [1.807, 2.05) is 6.07 Å². The second-order valence-corrected chi connectivity index (χ2v) is 6.81. The normalized spacial score (nSPS) is 12.6. The summed E-state index contributed by atoms with van der Waals surface area (Å²) in [5.41, 5.74) is 5.75. The Labute approximate surface area is 128 Å². The molecule has 0 saturated heterocycles. The molecule has 0 saturated carbocycles. The fraction of sp³-hybridized carbons (Fsp3) is 0.364. The Balaban J connectivity index is 0.00000324. The van der Waals surface area contributed by atoms with Crippen molar-refractivity contribution >= 4 is 38.4 Å². The molecule has 1 atom stereocenters. The molecule has 0 heterocycles. The predicted molar refractivity (Wildman–Crippen MR) is 79.6 cm³/mol. The van der Waals surface area contributed by atoms with E-state index in [1.165, 1.54) is 23.5 Å². The van der Waals surface area contributed by atoms with Gasteiger partial charge in [-0.3, -0.25) is 0 Å². The van der Waals surface area contributed by atoms with Gasteiger partial charge in [-0.1, -0.05) is 15.9 Å². The van der Waals surface area contributed by atoms with E-state index in [9.17, 15) is 8.42 Å². The van der Waals surface area contributed by atoms with Gasteiger partial charge in [-0.15, -0.1) is 12.4 Å². The maximum absolute atomic E-state index is 12.3. The highest BCUT2D eigenvalue weighted by molar-refractivity contribution is 9.10. The lowest BCUT2D eigenvalue weighted by Gasteiger charge is -2.23. The van der Waals surface area contributed by atoms with Crippen molar-refractivity contribution in [3.05, 3.63) is 28.2 Å². The monoisotopic (exact) mass is 367 g/mol. The molecule has 0 aromatic heterocycles. The molecule has 19 heavy (non-hydrogen) atoms. The highest BCUT2D eigenvalue weighted by atomic mass is 79.9. The van der Waals surface area contributed by atoms with Crippen LogP contribution in [0.3, 0.4) is 0 Å². The van der Waals surface area contributed by atoms with Crippen molar-refractivity contribution in [3.63, 3.8) is 0 Å². The number of halogens is 2.